The highest BCUT2D eigenvalue weighted by atomic mass is 79.9. The molecule has 0 spiro atoms. The van der Waals surface area contributed by atoms with Gasteiger partial charge in [0.1, 0.15) is 0 Å². The molecule has 0 atom stereocenters. The molecule has 0 fully saturated rings. The molecule has 3 rings (SSSR count). The van der Waals surface area contributed by atoms with Gasteiger partial charge >= 0.3 is 0 Å². The summed E-state index contributed by atoms with van der Waals surface area (Å²) in [6.07, 6.45) is 3.66. The zero-order chi connectivity index (χ0) is 13.9. The minimum atomic E-state index is -0.0394. The van der Waals surface area contributed by atoms with E-state index in [-0.39, 0.29) is 5.56 Å². The van der Waals surface area contributed by atoms with Crippen LogP contribution in [0, 0.1) is 0 Å². The van der Waals surface area contributed by atoms with Gasteiger partial charge in [0.2, 0.25) is 0 Å². The van der Waals surface area contributed by atoms with Crippen molar-refractivity contribution in [1.29, 1.82) is 0 Å². The number of hydrogen-bond donors (Lipinski definition) is 0. The summed E-state index contributed by atoms with van der Waals surface area (Å²) >= 11 is 3.37. The van der Waals surface area contributed by atoms with E-state index in [2.05, 4.69) is 21.0 Å². The van der Waals surface area contributed by atoms with Gasteiger partial charge in [-0.25, -0.2) is 4.68 Å². The topological polar surface area (TPSA) is 39.8 Å². The van der Waals surface area contributed by atoms with Crippen molar-refractivity contribution in [2.45, 2.75) is 6.54 Å². The van der Waals surface area contributed by atoms with Crippen LogP contribution in [0.1, 0.15) is 5.69 Å². The average Bonchev–Trinajstić information content (AvgIpc) is 2.92. The van der Waals surface area contributed by atoms with E-state index in [4.69, 9.17) is 0 Å². The highest BCUT2D eigenvalue weighted by Crippen LogP contribution is 2.09. The standard InChI is InChI=1S/C15H12BrN3O/c16-12-6-7-15(20)18(10-12)11-13-8-9-19(17-13)14-4-2-1-3-5-14/h1-10H,11H2. The first kappa shape index (κ1) is 12.9. The molecule has 3 aromatic rings. The Morgan fingerprint density at radius 2 is 1.85 bits per heavy atom. The van der Waals surface area contributed by atoms with Crippen LogP contribution in [-0.4, -0.2) is 14.3 Å². The number of nitrogens with zero attached hydrogens (tertiary/aromatic N) is 3. The van der Waals surface area contributed by atoms with Crippen LogP contribution in [0.4, 0.5) is 0 Å². The third-order valence-electron chi connectivity index (χ3n) is 2.94. The summed E-state index contributed by atoms with van der Waals surface area (Å²) in [5, 5.41) is 4.49. The first-order valence-electron chi connectivity index (χ1n) is 6.18. The highest BCUT2D eigenvalue weighted by molar-refractivity contribution is 9.10. The molecule has 0 N–H and O–H groups in total. The SMILES string of the molecule is O=c1ccc(Br)cn1Cc1ccn(-c2ccccc2)n1. The van der Waals surface area contributed by atoms with E-state index in [0.29, 0.717) is 6.54 Å². The average molecular weight is 330 g/mol. The van der Waals surface area contributed by atoms with Gasteiger partial charge in [-0.05, 0) is 40.2 Å². The molecule has 1 aromatic carbocycles. The van der Waals surface area contributed by atoms with Crippen LogP contribution in [0.2, 0.25) is 0 Å². The van der Waals surface area contributed by atoms with Crippen LogP contribution >= 0.6 is 15.9 Å². The Bertz CT molecular complexity index is 777. The van der Waals surface area contributed by atoms with Crippen LogP contribution in [0.15, 0.2) is 70.2 Å². The van der Waals surface area contributed by atoms with Crippen LogP contribution in [0.25, 0.3) is 5.69 Å². The molecule has 0 aliphatic heterocycles. The number of halogens is 1. The monoisotopic (exact) mass is 329 g/mol. The second-order valence-electron chi connectivity index (χ2n) is 4.40. The van der Waals surface area contributed by atoms with Crippen molar-refractivity contribution >= 4 is 15.9 Å². The Morgan fingerprint density at radius 1 is 1.05 bits per heavy atom. The van der Waals surface area contributed by atoms with Crippen molar-refractivity contribution in [3.8, 4) is 5.69 Å². The van der Waals surface area contributed by atoms with E-state index < -0.39 is 0 Å². The second kappa shape index (κ2) is 5.46. The fraction of sp³-hybridized carbons (Fsp3) is 0.0667. The van der Waals surface area contributed by atoms with Crippen molar-refractivity contribution in [1.82, 2.24) is 14.3 Å². The van der Waals surface area contributed by atoms with Gasteiger partial charge in [0.25, 0.3) is 5.56 Å². The zero-order valence-corrected chi connectivity index (χ0v) is 12.2. The molecule has 0 radical (unpaired) electrons. The molecule has 4 nitrogen and oxygen atoms in total. The quantitative estimate of drug-likeness (QED) is 0.741. The lowest BCUT2D eigenvalue weighted by atomic mass is 10.3. The minimum absolute atomic E-state index is 0.0394. The third kappa shape index (κ3) is 2.72. The molecule has 20 heavy (non-hydrogen) atoms. The van der Waals surface area contributed by atoms with Crippen molar-refractivity contribution in [2.24, 2.45) is 0 Å². The molecule has 100 valence electrons. The minimum Gasteiger partial charge on any atom is -0.308 e. The van der Waals surface area contributed by atoms with Gasteiger partial charge in [-0.3, -0.25) is 4.79 Å². The summed E-state index contributed by atoms with van der Waals surface area (Å²) in [5.74, 6) is 0. The molecule has 0 saturated heterocycles. The van der Waals surface area contributed by atoms with Gasteiger partial charge in [0.05, 0.1) is 17.9 Å². The Kier molecular flexibility index (Phi) is 3.52. The molecule has 2 heterocycles. The van der Waals surface area contributed by atoms with Crippen molar-refractivity contribution in [3.63, 3.8) is 0 Å². The number of benzene rings is 1. The van der Waals surface area contributed by atoms with Gasteiger partial charge < -0.3 is 4.57 Å². The van der Waals surface area contributed by atoms with E-state index in [0.717, 1.165) is 15.9 Å². The van der Waals surface area contributed by atoms with Gasteiger partial charge in [-0.15, -0.1) is 0 Å². The maximum atomic E-state index is 11.8. The molecule has 2 aromatic heterocycles. The van der Waals surface area contributed by atoms with Crippen molar-refractivity contribution in [2.75, 3.05) is 0 Å². The smallest absolute Gasteiger partial charge is 0.250 e. The molecule has 5 heteroatoms. The molecule has 0 aliphatic carbocycles. The van der Waals surface area contributed by atoms with Gasteiger partial charge in [0, 0.05) is 22.9 Å². The molecule has 0 amide bonds. The largest absolute Gasteiger partial charge is 0.308 e. The summed E-state index contributed by atoms with van der Waals surface area (Å²) in [4.78, 5) is 11.8. The fourth-order valence-corrected chi connectivity index (χ4v) is 2.35. The number of aromatic nitrogens is 3. The lowest BCUT2D eigenvalue weighted by Gasteiger charge is -2.03. The Labute approximate surface area is 124 Å². The summed E-state index contributed by atoms with van der Waals surface area (Å²) < 4.78 is 4.31. The maximum absolute atomic E-state index is 11.8. The molecule has 0 aliphatic rings. The van der Waals surface area contributed by atoms with Crippen LogP contribution in [-0.2, 0) is 6.54 Å². The summed E-state index contributed by atoms with van der Waals surface area (Å²) in [5.41, 5.74) is 1.80. The zero-order valence-electron chi connectivity index (χ0n) is 10.6. The number of para-hydroxylation sites is 1. The predicted octanol–water partition coefficient (Wildman–Crippen LogP) is 2.84. The van der Waals surface area contributed by atoms with Crippen molar-refractivity contribution < 1.29 is 0 Å². The molecule has 0 saturated carbocycles. The fourth-order valence-electron chi connectivity index (χ4n) is 1.97. The van der Waals surface area contributed by atoms with E-state index in [1.807, 2.05) is 42.6 Å². The summed E-state index contributed by atoms with van der Waals surface area (Å²) in [7, 11) is 0. The number of rotatable bonds is 3. The highest BCUT2D eigenvalue weighted by Gasteiger charge is 2.03. The molecular formula is C15H12BrN3O. The second-order valence-corrected chi connectivity index (χ2v) is 5.32. The Hall–Kier alpha value is -2.14. The molecule has 0 unspecified atom stereocenters. The lowest BCUT2D eigenvalue weighted by Crippen LogP contribution is -2.19. The summed E-state index contributed by atoms with van der Waals surface area (Å²) in [6.45, 7) is 0.456. The van der Waals surface area contributed by atoms with E-state index >= 15 is 0 Å². The maximum Gasteiger partial charge on any atom is 0.250 e. The molecular weight excluding hydrogens is 318 g/mol. The van der Waals surface area contributed by atoms with Gasteiger partial charge in [-0.1, -0.05) is 18.2 Å². The summed E-state index contributed by atoms with van der Waals surface area (Å²) in [6, 6.07) is 15.1. The van der Waals surface area contributed by atoms with Crippen LogP contribution in [0.3, 0.4) is 0 Å². The lowest BCUT2D eigenvalue weighted by molar-refractivity contribution is 0.717. The first-order chi connectivity index (χ1) is 9.72. The van der Waals surface area contributed by atoms with E-state index in [1.54, 1.807) is 21.5 Å². The Morgan fingerprint density at radius 3 is 2.65 bits per heavy atom. The van der Waals surface area contributed by atoms with E-state index in [1.165, 1.54) is 6.07 Å². The van der Waals surface area contributed by atoms with Gasteiger partial charge in [-0.2, -0.15) is 5.10 Å². The Balaban J connectivity index is 1.88. The van der Waals surface area contributed by atoms with Crippen LogP contribution < -0.4 is 5.56 Å². The predicted molar refractivity (Wildman–Crippen MR) is 81.1 cm³/mol. The third-order valence-corrected chi connectivity index (χ3v) is 3.41. The van der Waals surface area contributed by atoms with Crippen molar-refractivity contribution in [3.05, 3.63) is 81.4 Å². The number of pyridine rings is 1. The molecule has 0 bridgehead atoms. The van der Waals surface area contributed by atoms with Crippen LogP contribution in [0.5, 0.6) is 0 Å². The normalized spacial score (nSPS) is 10.7. The van der Waals surface area contributed by atoms with E-state index in [9.17, 15) is 4.79 Å². The first-order valence-corrected chi connectivity index (χ1v) is 6.98. The number of hydrogen-bond acceptors (Lipinski definition) is 2. The van der Waals surface area contributed by atoms with Gasteiger partial charge in [0.15, 0.2) is 0 Å².